The Balaban J connectivity index is 1.27. The summed E-state index contributed by atoms with van der Waals surface area (Å²) in [4.78, 5) is 13.5. The molecule has 2 atom stereocenters. The maximum Gasteiger partial charge on any atom is 0.510 e. The Morgan fingerprint density at radius 1 is 0.333 bits per heavy atom. The lowest BCUT2D eigenvalue weighted by Crippen LogP contribution is -2.18. The highest BCUT2D eigenvalue weighted by atomic mass is 16.7. The van der Waals surface area contributed by atoms with Gasteiger partial charge in [0, 0.05) is 0 Å². The van der Waals surface area contributed by atoms with Crippen molar-refractivity contribution >= 4 is 6.16 Å². The molecule has 6 aromatic rings. The molecule has 6 aromatic carbocycles. The van der Waals surface area contributed by atoms with Gasteiger partial charge in [-0.3, -0.25) is 0 Å². The van der Waals surface area contributed by atoms with E-state index in [1.165, 1.54) is 0 Å². The summed E-state index contributed by atoms with van der Waals surface area (Å²) in [6.07, 6.45) is -1.99. The summed E-state index contributed by atoms with van der Waals surface area (Å²) in [5.74, 6) is 0. The monoisotopic (exact) mass is 546 g/mol. The third kappa shape index (κ3) is 6.32. The van der Waals surface area contributed by atoms with Gasteiger partial charge < -0.3 is 9.47 Å². The summed E-state index contributed by atoms with van der Waals surface area (Å²) in [6.45, 7) is 0. The van der Waals surface area contributed by atoms with Crippen LogP contribution in [0.2, 0.25) is 0 Å². The van der Waals surface area contributed by atoms with Crippen molar-refractivity contribution < 1.29 is 14.3 Å². The molecule has 6 rings (SSSR count). The Bertz CT molecular complexity index is 1570. The zero-order chi connectivity index (χ0) is 28.6. The van der Waals surface area contributed by atoms with Crippen LogP contribution in [0.15, 0.2) is 170 Å². The van der Waals surface area contributed by atoms with Crippen LogP contribution in [0.3, 0.4) is 0 Å². The maximum absolute atomic E-state index is 13.5. The molecular formula is C39H30O3. The zero-order valence-corrected chi connectivity index (χ0v) is 23.0. The van der Waals surface area contributed by atoms with Gasteiger partial charge in [0.2, 0.25) is 0 Å². The summed E-state index contributed by atoms with van der Waals surface area (Å²) in [5, 5.41) is 0. The lowest BCUT2D eigenvalue weighted by Gasteiger charge is -2.23. The summed E-state index contributed by atoms with van der Waals surface area (Å²) in [5.41, 5.74) is 7.90. The van der Waals surface area contributed by atoms with Crippen LogP contribution in [0.25, 0.3) is 22.3 Å². The van der Waals surface area contributed by atoms with Gasteiger partial charge in [-0.25, -0.2) is 4.79 Å². The molecule has 0 saturated carbocycles. The van der Waals surface area contributed by atoms with Crippen molar-refractivity contribution in [2.45, 2.75) is 12.2 Å². The fourth-order valence-electron chi connectivity index (χ4n) is 5.09. The third-order valence-corrected chi connectivity index (χ3v) is 7.27. The molecule has 0 aliphatic carbocycles. The van der Waals surface area contributed by atoms with Crippen LogP contribution in [0.4, 0.5) is 4.79 Å². The molecular weight excluding hydrogens is 516 g/mol. The molecule has 0 radical (unpaired) electrons. The van der Waals surface area contributed by atoms with Gasteiger partial charge in [0.1, 0.15) is 0 Å². The van der Waals surface area contributed by atoms with Crippen molar-refractivity contribution in [3.05, 3.63) is 192 Å². The Morgan fingerprint density at radius 2 is 0.595 bits per heavy atom. The predicted octanol–water partition coefficient (Wildman–Crippen LogP) is 10.1. The van der Waals surface area contributed by atoms with Crippen LogP contribution in [-0.4, -0.2) is 6.16 Å². The van der Waals surface area contributed by atoms with Crippen LogP contribution in [0.5, 0.6) is 0 Å². The Morgan fingerprint density at radius 3 is 0.929 bits per heavy atom. The van der Waals surface area contributed by atoms with E-state index in [-0.39, 0.29) is 0 Å². The fourth-order valence-corrected chi connectivity index (χ4v) is 5.09. The molecule has 0 fully saturated rings. The number of hydrogen-bond donors (Lipinski definition) is 0. The van der Waals surface area contributed by atoms with Gasteiger partial charge in [-0.15, -0.1) is 0 Å². The molecule has 42 heavy (non-hydrogen) atoms. The Hall–Kier alpha value is -5.41. The number of carbonyl (C=O) groups is 1. The molecule has 0 amide bonds. The maximum atomic E-state index is 13.5. The van der Waals surface area contributed by atoms with Gasteiger partial charge in [-0.2, -0.15) is 0 Å². The van der Waals surface area contributed by atoms with Gasteiger partial charge in [0.05, 0.1) is 0 Å². The van der Waals surface area contributed by atoms with E-state index in [0.29, 0.717) is 0 Å². The van der Waals surface area contributed by atoms with Crippen molar-refractivity contribution in [3.8, 4) is 22.3 Å². The van der Waals surface area contributed by atoms with Gasteiger partial charge in [0.25, 0.3) is 0 Å². The van der Waals surface area contributed by atoms with E-state index in [2.05, 4.69) is 48.5 Å². The van der Waals surface area contributed by atoms with Crippen LogP contribution in [0, 0.1) is 0 Å². The van der Waals surface area contributed by atoms with E-state index in [4.69, 9.17) is 9.47 Å². The quantitative estimate of drug-likeness (QED) is 0.178. The summed E-state index contributed by atoms with van der Waals surface area (Å²) >= 11 is 0. The second kappa shape index (κ2) is 12.8. The van der Waals surface area contributed by atoms with Gasteiger partial charge in [-0.1, -0.05) is 170 Å². The predicted molar refractivity (Wildman–Crippen MR) is 168 cm³/mol. The first kappa shape index (κ1) is 26.8. The van der Waals surface area contributed by atoms with Crippen molar-refractivity contribution in [3.63, 3.8) is 0 Å². The molecule has 0 aromatic heterocycles. The first-order chi connectivity index (χ1) is 20.7. The molecule has 3 heteroatoms. The largest absolute Gasteiger partial charge is 0.510 e. The highest BCUT2D eigenvalue weighted by molar-refractivity contribution is 5.66. The van der Waals surface area contributed by atoms with Crippen LogP contribution in [-0.2, 0) is 9.47 Å². The lowest BCUT2D eigenvalue weighted by atomic mass is 9.98. The average molecular weight is 547 g/mol. The lowest BCUT2D eigenvalue weighted by molar-refractivity contribution is 0.0166. The second-order valence-corrected chi connectivity index (χ2v) is 10.0. The standard InChI is InChI=1S/C39H30O3/c40-39(41-37(33-17-9-3-10-18-33)35-25-21-31(22-26-35)29-13-5-1-6-14-29)42-38(34-19-11-4-12-20-34)36-27-23-32(24-28-36)30-15-7-2-8-16-30/h1-28,37-38H. The molecule has 0 heterocycles. The van der Waals surface area contributed by atoms with E-state index in [1.54, 1.807) is 0 Å². The number of rotatable bonds is 8. The van der Waals surface area contributed by atoms with E-state index < -0.39 is 18.4 Å². The van der Waals surface area contributed by atoms with Gasteiger partial charge in [-0.05, 0) is 44.5 Å². The van der Waals surface area contributed by atoms with E-state index in [1.807, 2.05) is 121 Å². The number of carbonyl (C=O) groups excluding carboxylic acids is 1. The molecule has 204 valence electrons. The highest BCUT2D eigenvalue weighted by Crippen LogP contribution is 2.32. The van der Waals surface area contributed by atoms with Gasteiger partial charge in [0.15, 0.2) is 12.2 Å². The minimum Gasteiger partial charge on any atom is -0.421 e. The highest BCUT2D eigenvalue weighted by Gasteiger charge is 2.25. The first-order valence-corrected chi connectivity index (χ1v) is 14.0. The fraction of sp³-hybridized carbons (Fsp3) is 0.0513. The molecule has 0 aliphatic rings. The van der Waals surface area contributed by atoms with E-state index in [9.17, 15) is 4.79 Å². The summed E-state index contributed by atoms with van der Waals surface area (Å²) in [7, 11) is 0. The molecule has 0 spiro atoms. The SMILES string of the molecule is O=C(OC(c1ccccc1)c1ccc(-c2ccccc2)cc1)OC(c1ccccc1)c1ccc(-c2ccccc2)cc1. The Kier molecular flexibility index (Phi) is 8.19. The average Bonchev–Trinajstić information content (AvgIpc) is 3.08. The smallest absolute Gasteiger partial charge is 0.421 e. The van der Waals surface area contributed by atoms with E-state index in [0.717, 1.165) is 44.5 Å². The van der Waals surface area contributed by atoms with Crippen molar-refractivity contribution in [2.75, 3.05) is 0 Å². The van der Waals surface area contributed by atoms with Crippen LogP contribution in [0.1, 0.15) is 34.5 Å². The van der Waals surface area contributed by atoms with Crippen LogP contribution >= 0.6 is 0 Å². The van der Waals surface area contributed by atoms with Gasteiger partial charge >= 0.3 is 6.16 Å². The summed E-state index contributed by atoms with van der Waals surface area (Å²) in [6, 6.07) is 56.1. The number of ether oxygens (including phenoxy) is 2. The molecule has 3 nitrogen and oxygen atoms in total. The normalized spacial score (nSPS) is 12.2. The topological polar surface area (TPSA) is 35.5 Å². The van der Waals surface area contributed by atoms with E-state index >= 15 is 0 Å². The van der Waals surface area contributed by atoms with Crippen molar-refractivity contribution in [1.29, 1.82) is 0 Å². The molecule has 0 bridgehead atoms. The minimum absolute atomic E-state index is 0.625. The molecule has 0 N–H and O–H groups in total. The van der Waals surface area contributed by atoms with Crippen molar-refractivity contribution in [2.24, 2.45) is 0 Å². The number of benzene rings is 6. The second-order valence-electron chi connectivity index (χ2n) is 10.0. The minimum atomic E-state index is -0.739. The molecule has 2 unspecified atom stereocenters. The summed E-state index contributed by atoms with van der Waals surface area (Å²) < 4.78 is 12.1. The van der Waals surface area contributed by atoms with Crippen molar-refractivity contribution in [1.82, 2.24) is 0 Å². The first-order valence-electron chi connectivity index (χ1n) is 14.0. The third-order valence-electron chi connectivity index (χ3n) is 7.27. The van der Waals surface area contributed by atoms with Crippen LogP contribution < -0.4 is 0 Å². The molecule has 0 saturated heterocycles. The zero-order valence-electron chi connectivity index (χ0n) is 23.0. The Labute approximate surface area is 246 Å². The molecule has 0 aliphatic heterocycles. The number of hydrogen-bond acceptors (Lipinski definition) is 3.